The molecule has 0 aliphatic rings. The van der Waals surface area contributed by atoms with Crippen LogP contribution in [0.25, 0.3) is 10.9 Å². The molecule has 1 aromatic heterocycles. The number of benzene rings is 1. The second kappa shape index (κ2) is 4.18. The minimum Gasteiger partial charge on any atom is -0.351 e. The molecule has 1 heterocycles. The van der Waals surface area contributed by atoms with Gasteiger partial charge in [-0.3, -0.25) is 4.79 Å². The average molecular weight is 237 g/mol. The van der Waals surface area contributed by atoms with Gasteiger partial charge >= 0.3 is 0 Å². The molecule has 2 N–H and O–H groups in total. The maximum absolute atomic E-state index is 11.6. The van der Waals surface area contributed by atoms with Gasteiger partial charge in [0.25, 0.3) is 5.91 Å². The van der Waals surface area contributed by atoms with Crippen LogP contribution in [0.5, 0.6) is 0 Å². The van der Waals surface area contributed by atoms with E-state index in [1.807, 2.05) is 32.0 Å². The monoisotopic (exact) mass is 236 g/mol. The molecule has 3 nitrogen and oxygen atoms in total. The third kappa shape index (κ3) is 1.91. The molecule has 16 heavy (non-hydrogen) atoms. The van der Waals surface area contributed by atoms with Crippen LogP contribution in [0.4, 0.5) is 0 Å². The maximum Gasteiger partial charge on any atom is 0.267 e. The summed E-state index contributed by atoms with van der Waals surface area (Å²) in [6.45, 7) is 4.45. The smallest absolute Gasteiger partial charge is 0.267 e. The third-order valence-corrected chi connectivity index (χ3v) is 2.89. The first kappa shape index (κ1) is 11.0. The van der Waals surface area contributed by atoms with Gasteiger partial charge in [-0.1, -0.05) is 11.6 Å². The summed E-state index contributed by atoms with van der Waals surface area (Å²) in [5, 5.41) is 4.46. The van der Waals surface area contributed by atoms with E-state index in [1.54, 1.807) is 0 Å². The number of aryl methyl sites for hydroxylation is 1. The first-order chi connectivity index (χ1) is 7.61. The van der Waals surface area contributed by atoms with E-state index in [9.17, 15) is 4.79 Å². The molecule has 0 aliphatic heterocycles. The predicted molar refractivity (Wildman–Crippen MR) is 66.1 cm³/mol. The van der Waals surface area contributed by atoms with Crippen molar-refractivity contribution in [2.75, 3.05) is 6.54 Å². The molecule has 0 bridgehead atoms. The molecule has 1 amide bonds. The Morgan fingerprint density at radius 1 is 1.44 bits per heavy atom. The van der Waals surface area contributed by atoms with Crippen molar-refractivity contribution in [1.29, 1.82) is 0 Å². The fourth-order valence-corrected chi connectivity index (χ4v) is 1.81. The number of rotatable bonds is 2. The zero-order valence-electron chi connectivity index (χ0n) is 9.23. The van der Waals surface area contributed by atoms with Gasteiger partial charge < -0.3 is 10.3 Å². The van der Waals surface area contributed by atoms with Crippen LogP contribution in [0.2, 0.25) is 5.02 Å². The van der Waals surface area contributed by atoms with E-state index in [-0.39, 0.29) is 5.91 Å². The molecule has 0 spiro atoms. The van der Waals surface area contributed by atoms with E-state index >= 15 is 0 Å². The molecule has 1 aromatic carbocycles. The number of aromatic nitrogens is 1. The number of carbonyl (C=O) groups is 1. The van der Waals surface area contributed by atoms with Gasteiger partial charge in [-0.15, -0.1) is 0 Å². The number of carbonyl (C=O) groups excluding carboxylic acids is 1. The molecule has 2 rings (SSSR count). The molecule has 0 saturated carbocycles. The minimum absolute atomic E-state index is 0.0903. The highest BCUT2D eigenvalue weighted by atomic mass is 35.5. The summed E-state index contributed by atoms with van der Waals surface area (Å²) in [5.74, 6) is -0.0903. The average Bonchev–Trinajstić information content (AvgIpc) is 2.62. The molecule has 0 aliphatic carbocycles. The quantitative estimate of drug-likeness (QED) is 0.828. The Balaban J connectivity index is 2.48. The van der Waals surface area contributed by atoms with E-state index in [1.165, 1.54) is 0 Å². The lowest BCUT2D eigenvalue weighted by atomic mass is 10.2. The molecular formula is C12H13ClN2O. The van der Waals surface area contributed by atoms with Crippen molar-refractivity contribution in [3.8, 4) is 0 Å². The summed E-state index contributed by atoms with van der Waals surface area (Å²) >= 11 is 6.02. The van der Waals surface area contributed by atoms with Crippen molar-refractivity contribution in [2.24, 2.45) is 0 Å². The van der Waals surface area contributed by atoms with Gasteiger partial charge in [-0.2, -0.15) is 0 Å². The molecule has 0 saturated heterocycles. The summed E-state index contributed by atoms with van der Waals surface area (Å²) in [7, 11) is 0. The zero-order chi connectivity index (χ0) is 11.7. The van der Waals surface area contributed by atoms with Crippen molar-refractivity contribution < 1.29 is 4.79 Å². The van der Waals surface area contributed by atoms with E-state index in [0.29, 0.717) is 17.3 Å². The van der Waals surface area contributed by atoms with E-state index in [4.69, 9.17) is 11.6 Å². The normalized spacial score (nSPS) is 10.7. The Morgan fingerprint density at radius 3 is 2.88 bits per heavy atom. The Hall–Kier alpha value is -1.48. The highest BCUT2D eigenvalue weighted by molar-refractivity contribution is 6.32. The topological polar surface area (TPSA) is 44.9 Å². The van der Waals surface area contributed by atoms with Crippen molar-refractivity contribution in [1.82, 2.24) is 10.3 Å². The van der Waals surface area contributed by atoms with Crippen LogP contribution < -0.4 is 5.32 Å². The van der Waals surface area contributed by atoms with Gasteiger partial charge in [0.15, 0.2) is 0 Å². The molecule has 4 heteroatoms. The number of nitrogens with one attached hydrogen (secondary N) is 2. The van der Waals surface area contributed by atoms with Gasteiger partial charge in [0.2, 0.25) is 0 Å². The third-order valence-electron chi connectivity index (χ3n) is 2.48. The van der Waals surface area contributed by atoms with Crippen molar-refractivity contribution in [3.05, 3.63) is 34.5 Å². The number of fused-ring (bicyclic) bond motifs is 1. The molecule has 0 fully saturated rings. The lowest BCUT2D eigenvalue weighted by molar-refractivity contribution is 0.0951. The first-order valence-electron chi connectivity index (χ1n) is 5.19. The molecule has 84 valence electrons. The van der Waals surface area contributed by atoms with Crippen LogP contribution >= 0.6 is 11.6 Å². The Morgan fingerprint density at radius 2 is 2.19 bits per heavy atom. The van der Waals surface area contributed by atoms with E-state index in [0.717, 1.165) is 16.5 Å². The first-order valence-corrected chi connectivity index (χ1v) is 5.56. The van der Waals surface area contributed by atoms with Crippen LogP contribution in [0.3, 0.4) is 0 Å². The summed E-state index contributed by atoms with van der Waals surface area (Å²) in [6.07, 6.45) is 0. The summed E-state index contributed by atoms with van der Waals surface area (Å²) < 4.78 is 0. The molecule has 0 atom stereocenters. The van der Waals surface area contributed by atoms with E-state index < -0.39 is 0 Å². The highest BCUT2D eigenvalue weighted by Crippen LogP contribution is 2.23. The van der Waals surface area contributed by atoms with E-state index in [2.05, 4.69) is 10.3 Å². The van der Waals surface area contributed by atoms with Crippen LogP contribution in [0, 0.1) is 6.92 Å². The van der Waals surface area contributed by atoms with Crippen LogP contribution in [-0.4, -0.2) is 17.4 Å². The number of aromatic amines is 1. The van der Waals surface area contributed by atoms with Crippen molar-refractivity contribution in [3.63, 3.8) is 0 Å². The zero-order valence-corrected chi connectivity index (χ0v) is 9.98. The fourth-order valence-electron chi connectivity index (χ4n) is 1.65. The molecule has 2 aromatic rings. The molecule has 0 radical (unpaired) electrons. The lowest BCUT2D eigenvalue weighted by Gasteiger charge is -1.97. The lowest BCUT2D eigenvalue weighted by Crippen LogP contribution is -2.22. The Labute approximate surface area is 98.8 Å². The highest BCUT2D eigenvalue weighted by Gasteiger charge is 2.09. The van der Waals surface area contributed by atoms with Gasteiger partial charge in [-0.05, 0) is 37.6 Å². The van der Waals surface area contributed by atoms with Crippen LogP contribution in [0.1, 0.15) is 23.0 Å². The van der Waals surface area contributed by atoms with Crippen molar-refractivity contribution >= 4 is 28.4 Å². The number of H-pyrrole nitrogens is 1. The van der Waals surface area contributed by atoms with Crippen molar-refractivity contribution in [2.45, 2.75) is 13.8 Å². The van der Waals surface area contributed by atoms with Gasteiger partial charge in [0.05, 0.1) is 0 Å². The number of hydrogen-bond donors (Lipinski definition) is 2. The Kier molecular flexibility index (Phi) is 2.88. The summed E-state index contributed by atoms with van der Waals surface area (Å²) in [5.41, 5.74) is 2.46. The molecular weight excluding hydrogens is 224 g/mol. The Bertz CT molecular complexity index is 506. The second-order valence-corrected chi connectivity index (χ2v) is 4.14. The van der Waals surface area contributed by atoms with Crippen LogP contribution in [-0.2, 0) is 0 Å². The van der Waals surface area contributed by atoms with Crippen LogP contribution in [0.15, 0.2) is 18.2 Å². The van der Waals surface area contributed by atoms with Gasteiger partial charge in [0.1, 0.15) is 5.69 Å². The number of amides is 1. The second-order valence-electron chi connectivity index (χ2n) is 3.73. The largest absolute Gasteiger partial charge is 0.351 e. The summed E-state index contributed by atoms with van der Waals surface area (Å²) in [4.78, 5) is 14.7. The minimum atomic E-state index is -0.0903. The molecule has 0 unspecified atom stereocenters. The number of hydrogen-bond acceptors (Lipinski definition) is 1. The fraction of sp³-hybridized carbons (Fsp3) is 0.250. The predicted octanol–water partition coefficient (Wildman–Crippen LogP) is 2.88. The standard InChI is InChI=1S/C12H13ClN2O/c1-3-14-12(16)11-5-8-4-7(2)9(13)6-10(8)15-11/h4-6,15H,3H2,1-2H3,(H,14,16). The number of halogens is 1. The maximum atomic E-state index is 11.6. The SMILES string of the molecule is CCNC(=O)c1cc2cc(C)c(Cl)cc2[nH]1. The van der Waals surface area contributed by atoms with Gasteiger partial charge in [-0.25, -0.2) is 0 Å². The summed E-state index contributed by atoms with van der Waals surface area (Å²) in [6, 6.07) is 5.65. The van der Waals surface area contributed by atoms with Gasteiger partial charge in [0, 0.05) is 22.5 Å².